The molecule has 0 bridgehead atoms. The number of furan rings is 1. The van der Waals surface area contributed by atoms with E-state index in [1.54, 1.807) is 12.1 Å². The van der Waals surface area contributed by atoms with Crippen molar-refractivity contribution in [1.29, 1.82) is 0 Å². The topological polar surface area (TPSA) is 54.5 Å². The predicted octanol–water partition coefficient (Wildman–Crippen LogP) is 4.78. The summed E-state index contributed by atoms with van der Waals surface area (Å²) in [5.74, 6) is 0.845. The number of likely N-dealkylation sites (tertiary alicyclic amines) is 1. The van der Waals surface area contributed by atoms with Crippen molar-refractivity contribution in [2.24, 2.45) is 0 Å². The number of nitrogens with zero attached hydrogens (tertiary/aromatic N) is 4. The molecule has 1 aliphatic rings. The molecule has 162 valence electrons. The van der Waals surface area contributed by atoms with Gasteiger partial charge in [-0.2, -0.15) is 0 Å². The fraction of sp³-hybridized carbons (Fsp3) is 0.231. The van der Waals surface area contributed by atoms with Crippen molar-refractivity contribution < 1.29 is 9.21 Å². The standard InChI is InChI=1S/C26H26N4O2/c31-26(24-12-7-19-32-24)30(25-15-18-29(27-25)22-10-5-2-6-11-22)23-13-16-28(17-14-23)20-21-8-3-1-4-9-21/h1-12,15,18-19,23H,13-14,16-17,20H2. The molecule has 0 N–H and O–H groups in total. The number of hydrogen-bond donors (Lipinski definition) is 0. The zero-order valence-corrected chi connectivity index (χ0v) is 17.9. The Hall–Kier alpha value is -3.64. The van der Waals surface area contributed by atoms with E-state index < -0.39 is 0 Å². The lowest BCUT2D eigenvalue weighted by atomic mass is 10.0. The quantitative estimate of drug-likeness (QED) is 0.445. The van der Waals surface area contributed by atoms with Gasteiger partial charge in [0.2, 0.25) is 0 Å². The highest BCUT2D eigenvalue weighted by Crippen LogP contribution is 2.26. The Bertz CT molecular complexity index is 1130. The van der Waals surface area contributed by atoms with Crippen LogP contribution in [0.3, 0.4) is 0 Å². The van der Waals surface area contributed by atoms with Gasteiger partial charge in [-0.15, -0.1) is 5.10 Å². The van der Waals surface area contributed by atoms with Crippen LogP contribution >= 0.6 is 0 Å². The van der Waals surface area contributed by atoms with E-state index in [2.05, 4.69) is 29.2 Å². The van der Waals surface area contributed by atoms with Gasteiger partial charge in [-0.3, -0.25) is 14.6 Å². The Labute approximate surface area is 187 Å². The van der Waals surface area contributed by atoms with Gasteiger partial charge in [0, 0.05) is 37.9 Å². The number of piperidine rings is 1. The van der Waals surface area contributed by atoms with Gasteiger partial charge in [-0.25, -0.2) is 4.68 Å². The Balaban J connectivity index is 1.36. The van der Waals surface area contributed by atoms with Crippen LogP contribution in [0.15, 0.2) is 95.7 Å². The number of carbonyl (C=O) groups is 1. The molecule has 6 heteroatoms. The van der Waals surface area contributed by atoms with Crippen LogP contribution in [0.5, 0.6) is 0 Å². The minimum absolute atomic E-state index is 0.0683. The van der Waals surface area contributed by atoms with Gasteiger partial charge >= 0.3 is 0 Å². The summed E-state index contributed by atoms with van der Waals surface area (Å²) in [5, 5.41) is 4.74. The number of carbonyl (C=O) groups excluding carboxylic acids is 1. The number of rotatable bonds is 6. The van der Waals surface area contributed by atoms with Gasteiger partial charge in [0.05, 0.1) is 12.0 Å². The molecule has 0 radical (unpaired) electrons. The summed E-state index contributed by atoms with van der Waals surface area (Å²) in [4.78, 5) is 17.7. The minimum atomic E-state index is -0.144. The van der Waals surface area contributed by atoms with Crippen molar-refractivity contribution in [2.75, 3.05) is 18.0 Å². The van der Waals surface area contributed by atoms with Crippen LogP contribution in [-0.2, 0) is 6.54 Å². The van der Waals surface area contributed by atoms with Crippen LogP contribution < -0.4 is 4.90 Å². The molecule has 1 saturated heterocycles. The molecular weight excluding hydrogens is 400 g/mol. The van der Waals surface area contributed by atoms with E-state index in [0.717, 1.165) is 38.2 Å². The molecule has 4 aromatic rings. The molecule has 32 heavy (non-hydrogen) atoms. The molecule has 0 saturated carbocycles. The second kappa shape index (κ2) is 9.24. The Morgan fingerprint density at radius 2 is 1.66 bits per heavy atom. The summed E-state index contributed by atoms with van der Waals surface area (Å²) in [6.45, 7) is 2.80. The molecule has 2 aromatic carbocycles. The second-order valence-corrected chi connectivity index (χ2v) is 8.10. The maximum absolute atomic E-state index is 13.4. The number of benzene rings is 2. The van der Waals surface area contributed by atoms with E-state index in [1.165, 1.54) is 11.8 Å². The van der Waals surface area contributed by atoms with Gasteiger partial charge in [0.15, 0.2) is 11.6 Å². The maximum atomic E-state index is 13.4. The van der Waals surface area contributed by atoms with Crippen molar-refractivity contribution >= 4 is 11.7 Å². The first-order chi connectivity index (χ1) is 15.8. The van der Waals surface area contributed by atoms with Crippen LogP contribution in [0.1, 0.15) is 29.0 Å². The van der Waals surface area contributed by atoms with E-state index in [-0.39, 0.29) is 11.9 Å². The van der Waals surface area contributed by atoms with Crippen molar-refractivity contribution in [2.45, 2.75) is 25.4 Å². The van der Waals surface area contributed by atoms with E-state index in [9.17, 15) is 4.79 Å². The van der Waals surface area contributed by atoms with E-state index in [1.807, 2.05) is 58.2 Å². The molecule has 1 fully saturated rings. The molecule has 0 spiro atoms. The molecule has 0 atom stereocenters. The van der Waals surface area contributed by atoms with Crippen LogP contribution in [0, 0.1) is 0 Å². The van der Waals surface area contributed by atoms with Gasteiger partial charge in [0.1, 0.15) is 0 Å². The lowest BCUT2D eigenvalue weighted by molar-refractivity contribution is 0.0930. The highest BCUT2D eigenvalue weighted by atomic mass is 16.3. The number of hydrogen-bond acceptors (Lipinski definition) is 4. The minimum Gasteiger partial charge on any atom is -0.459 e. The predicted molar refractivity (Wildman–Crippen MR) is 124 cm³/mol. The van der Waals surface area contributed by atoms with Crippen molar-refractivity contribution in [3.05, 3.63) is 103 Å². The molecular formula is C26H26N4O2. The highest BCUT2D eigenvalue weighted by molar-refractivity contribution is 6.04. The third kappa shape index (κ3) is 4.36. The smallest absolute Gasteiger partial charge is 0.295 e. The summed E-state index contributed by atoms with van der Waals surface area (Å²) in [6, 6.07) is 25.9. The van der Waals surface area contributed by atoms with Gasteiger partial charge in [0.25, 0.3) is 5.91 Å². The molecule has 6 nitrogen and oxygen atoms in total. The molecule has 0 aliphatic carbocycles. The number of amides is 1. The van der Waals surface area contributed by atoms with E-state index in [0.29, 0.717) is 11.6 Å². The molecule has 3 heterocycles. The van der Waals surface area contributed by atoms with Crippen LogP contribution in [0.25, 0.3) is 5.69 Å². The van der Waals surface area contributed by atoms with Crippen LogP contribution in [0.2, 0.25) is 0 Å². The zero-order valence-electron chi connectivity index (χ0n) is 17.9. The maximum Gasteiger partial charge on any atom is 0.295 e. The Kier molecular flexibility index (Phi) is 5.85. The lowest BCUT2D eigenvalue weighted by Gasteiger charge is -2.37. The normalized spacial score (nSPS) is 15.0. The lowest BCUT2D eigenvalue weighted by Crippen LogP contribution is -2.47. The van der Waals surface area contributed by atoms with Crippen LogP contribution in [0.4, 0.5) is 5.82 Å². The van der Waals surface area contributed by atoms with Gasteiger partial charge < -0.3 is 4.42 Å². The highest BCUT2D eigenvalue weighted by Gasteiger charge is 2.32. The first-order valence-electron chi connectivity index (χ1n) is 11.0. The molecule has 5 rings (SSSR count). The number of anilines is 1. The van der Waals surface area contributed by atoms with E-state index in [4.69, 9.17) is 9.52 Å². The molecule has 1 aliphatic heterocycles. The fourth-order valence-corrected chi connectivity index (χ4v) is 4.32. The first kappa shape index (κ1) is 20.3. The zero-order chi connectivity index (χ0) is 21.8. The summed E-state index contributed by atoms with van der Waals surface area (Å²) < 4.78 is 7.25. The SMILES string of the molecule is O=C(c1ccco1)N(c1ccn(-c2ccccc2)n1)C1CCN(Cc2ccccc2)CC1. The van der Waals surface area contributed by atoms with Gasteiger partial charge in [-0.05, 0) is 42.7 Å². The molecule has 1 amide bonds. The summed E-state index contributed by atoms with van der Waals surface area (Å²) in [6.07, 6.45) is 5.21. The van der Waals surface area contributed by atoms with Crippen molar-refractivity contribution in [3.63, 3.8) is 0 Å². The summed E-state index contributed by atoms with van der Waals surface area (Å²) in [7, 11) is 0. The first-order valence-corrected chi connectivity index (χ1v) is 11.0. The van der Waals surface area contributed by atoms with Crippen molar-refractivity contribution in [1.82, 2.24) is 14.7 Å². The average molecular weight is 427 g/mol. The second-order valence-electron chi connectivity index (χ2n) is 8.10. The third-order valence-electron chi connectivity index (χ3n) is 5.96. The average Bonchev–Trinajstić information content (AvgIpc) is 3.55. The Morgan fingerprint density at radius 3 is 2.34 bits per heavy atom. The third-order valence-corrected chi connectivity index (χ3v) is 5.96. The monoisotopic (exact) mass is 426 g/mol. The summed E-state index contributed by atoms with van der Waals surface area (Å²) >= 11 is 0. The summed E-state index contributed by atoms with van der Waals surface area (Å²) in [5.41, 5.74) is 2.28. The Morgan fingerprint density at radius 1 is 0.938 bits per heavy atom. The van der Waals surface area contributed by atoms with Gasteiger partial charge in [-0.1, -0.05) is 48.5 Å². The largest absolute Gasteiger partial charge is 0.459 e. The van der Waals surface area contributed by atoms with Crippen LogP contribution in [-0.4, -0.2) is 39.7 Å². The number of para-hydroxylation sites is 1. The molecule has 0 unspecified atom stereocenters. The van der Waals surface area contributed by atoms with Crippen molar-refractivity contribution in [3.8, 4) is 5.69 Å². The fourth-order valence-electron chi connectivity index (χ4n) is 4.32. The number of aromatic nitrogens is 2. The molecule has 2 aromatic heterocycles. The van der Waals surface area contributed by atoms with E-state index >= 15 is 0 Å².